The van der Waals surface area contributed by atoms with Gasteiger partial charge in [0.1, 0.15) is 5.75 Å². The van der Waals surface area contributed by atoms with Gasteiger partial charge in [0.2, 0.25) is 0 Å². The molecule has 1 amide bonds. The van der Waals surface area contributed by atoms with E-state index in [1.165, 1.54) is 0 Å². The molecule has 1 aromatic rings. The zero-order valence-corrected chi connectivity index (χ0v) is 10.8. The van der Waals surface area contributed by atoms with Crippen molar-refractivity contribution in [1.29, 1.82) is 0 Å². The minimum atomic E-state index is 0.0713. The predicted octanol–water partition coefficient (Wildman–Crippen LogP) is 1.20. The normalized spacial score (nSPS) is 16.2. The van der Waals surface area contributed by atoms with Crippen LogP contribution in [0.15, 0.2) is 24.3 Å². The van der Waals surface area contributed by atoms with Gasteiger partial charge in [0.25, 0.3) is 5.91 Å². The maximum atomic E-state index is 12.0. The van der Waals surface area contributed by atoms with E-state index in [2.05, 4.69) is 5.32 Å². The van der Waals surface area contributed by atoms with Gasteiger partial charge < -0.3 is 15.0 Å². The van der Waals surface area contributed by atoms with E-state index in [0.29, 0.717) is 0 Å². The Balaban J connectivity index is 1.86. The Hall–Kier alpha value is -1.55. The number of benzene rings is 1. The number of carbonyl (C=O) groups excluding carboxylic acids is 1. The molecule has 4 nitrogen and oxygen atoms in total. The Kier molecular flexibility index (Phi) is 4.59. The standard InChI is InChI=1S/C14H20N2O2/c1-12-5-2-3-6-13(12)18-11-14(17)16-9-4-7-15-8-10-16/h2-3,5-6,15H,4,7-11H2,1H3. The lowest BCUT2D eigenvalue weighted by molar-refractivity contribution is -0.133. The molecule has 18 heavy (non-hydrogen) atoms. The summed E-state index contributed by atoms with van der Waals surface area (Å²) in [7, 11) is 0. The van der Waals surface area contributed by atoms with Crippen molar-refractivity contribution in [2.75, 3.05) is 32.8 Å². The molecular formula is C14H20N2O2. The number of hydrogen-bond donors (Lipinski definition) is 1. The number of para-hydroxylation sites is 1. The maximum absolute atomic E-state index is 12.0. The van der Waals surface area contributed by atoms with Gasteiger partial charge in [-0.2, -0.15) is 0 Å². The fourth-order valence-electron chi connectivity index (χ4n) is 2.04. The fourth-order valence-corrected chi connectivity index (χ4v) is 2.04. The van der Waals surface area contributed by atoms with Crippen molar-refractivity contribution in [3.05, 3.63) is 29.8 Å². The molecule has 0 atom stereocenters. The van der Waals surface area contributed by atoms with E-state index < -0.39 is 0 Å². The number of nitrogens with zero attached hydrogens (tertiary/aromatic N) is 1. The molecule has 0 aromatic heterocycles. The number of hydrogen-bond acceptors (Lipinski definition) is 3. The summed E-state index contributed by atoms with van der Waals surface area (Å²) in [4.78, 5) is 13.9. The molecule has 4 heteroatoms. The van der Waals surface area contributed by atoms with Gasteiger partial charge in [-0.3, -0.25) is 4.79 Å². The van der Waals surface area contributed by atoms with Crippen molar-refractivity contribution >= 4 is 5.91 Å². The predicted molar refractivity (Wildman–Crippen MR) is 70.7 cm³/mol. The summed E-state index contributed by atoms with van der Waals surface area (Å²) in [6, 6.07) is 7.76. The summed E-state index contributed by atoms with van der Waals surface area (Å²) >= 11 is 0. The Labute approximate surface area is 108 Å². The lowest BCUT2D eigenvalue weighted by Gasteiger charge is -2.20. The number of ether oxygens (including phenoxy) is 1. The van der Waals surface area contributed by atoms with Crippen LogP contribution in [-0.2, 0) is 4.79 Å². The highest BCUT2D eigenvalue weighted by Crippen LogP contribution is 2.16. The molecule has 1 heterocycles. The third-order valence-electron chi connectivity index (χ3n) is 3.14. The van der Waals surface area contributed by atoms with Crippen LogP contribution >= 0.6 is 0 Å². The van der Waals surface area contributed by atoms with Crippen LogP contribution in [0.5, 0.6) is 5.75 Å². The Bertz CT molecular complexity index is 399. The summed E-state index contributed by atoms with van der Waals surface area (Å²) in [6.45, 7) is 5.57. The molecule has 1 N–H and O–H groups in total. The molecule has 1 saturated heterocycles. The van der Waals surface area contributed by atoms with Crippen LogP contribution in [-0.4, -0.2) is 43.6 Å². The van der Waals surface area contributed by atoms with Crippen LogP contribution in [0.25, 0.3) is 0 Å². The third-order valence-corrected chi connectivity index (χ3v) is 3.14. The minimum Gasteiger partial charge on any atom is -0.484 e. The second kappa shape index (κ2) is 6.40. The van der Waals surface area contributed by atoms with E-state index in [1.807, 2.05) is 36.1 Å². The Morgan fingerprint density at radius 2 is 2.17 bits per heavy atom. The van der Waals surface area contributed by atoms with E-state index in [0.717, 1.165) is 43.9 Å². The first-order valence-corrected chi connectivity index (χ1v) is 6.44. The molecule has 1 fully saturated rings. The number of aryl methyl sites for hydroxylation is 1. The number of nitrogens with one attached hydrogen (secondary N) is 1. The van der Waals surface area contributed by atoms with E-state index in [9.17, 15) is 4.79 Å². The van der Waals surface area contributed by atoms with Gasteiger partial charge in [-0.15, -0.1) is 0 Å². The molecule has 0 spiro atoms. The number of carbonyl (C=O) groups is 1. The van der Waals surface area contributed by atoms with E-state index in [4.69, 9.17) is 4.74 Å². The highest BCUT2D eigenvalue weighted by molar-refractivity contribution is 5.77. The monoisotopic (exact) mass is 248 g/mol. The number of rotatable bonds is 3. The van der Waals surface area contributed by atoms with Gasteiger partial charge >= 0.3 is 0 Å². The van der Waals surface area contributed by atoms with Crippen LogP contribution in [0, 0.1) is 6.92 Å². The van der Waals surface area contributed by atoms with Crippen LogP contribution in [0.4, 0.5) is 0 Å². The zero-order chi connectivity index (χ0) is 12.8. The smallest absolute Gasteiger partial charge is 0.260 e. The first-order valence-electron chi connectivity index (χ1n) is 6.44. The van der Waals surface area contributed by atoms with E-state index in [-0.39, 0.29) is 12.5 Å². The molecule has 1 aliphatic heterocycles. The largest absolute Gasteiger partial charge is 0.484 e. The summed E-state index contributed by atoms with van der Waals surface area (Å²) in [5.74, 6) is 0.862. The summed E-state index contributed by atoms with van der Waals surface area (Å²) < 4.78 is 5.58. The first-order chi connectivity index (χ1) is 8.77. The van der Waals surface area contributed by atoms with Crippen molar-refractivity contribution < 1.29 is 9.53 Å². The first kappa shape index (κ1) is 12.9. The molecular weight excluding hydrogens is 228 g/mol. The fraction of sp³-hybridized carbons (Fsp3) is 0.500. The molecule has 0 saturated carbocycles. The number of amides is 1. The quantitative estimate of drug-likeness (QED) is 0.874. The lowest BCUT2D eigenvalue weighted by atomic mass is 10.2. The highest BCUT2D eigenvalue weighted by atomic mass is 16.5. The Morgan fingerprint density at radius 1 is 1.33 bits per heavy atom. The molecule has 98 valence electrons. The topological polar surface area (TPSA) is 41.6 Å². The second-order valence-electron chi connectivity index (χ2n) is 4.54. The molecule has 1 aromatic carbocycles. The average molecular weight is 248 g/mol. The van der Waals surface area contributed by atoms with Crippen LogP contribution in [0.3, 0.4) is 0 Å². The van der Waals surface area contributed by atoms with Gasteiger partial charge in [0.05, 0.1) is 0 Å². The lowest BCUT2D eigenvalue weighted by Crippen LogP contribution is -2.37. The van der Waals surface area contributed by atoms with Crippen molar-refractivity contribution in [3.63, 3.8) is 0 Å². The molecule has 0 unspecified atom stereocenters. The second-order valence-corrected chi connectivity index (χ2v) is 4.54. The SMILES string of the molecule is Cc1ccccc1OCC(=O)N1CCCNCC1. The van der Waals surface area contributed by atoms with Crippen LogP contribution in [0.1, 0.15) is 12.0 Å². The van der Waals surface area contributed by atoms with Gasteiger partial charge in [0.15, 0.2) is 6.61 Å². The van der Waals surface area contributed by atoms with Crippen molar-refractivity contribution in [2.45, 2.75) is 13.3 Å². The van der Waals surface area contributed by atoms with Gasteiger partial charge in [0, 0.05) is 19.6 Å². The van der Waals surface area contributed by atoms with Crippen molar-refractivity contribution in [1.82, 2.24) is 10.2 Å². The Morgan fingerprint density at radius 3 is 3.00 bits per heavy atom. The molecule has 1 aliphatic rings. The van der Waals surface area contributed by atoms with Crippen LogP contribution < -0.4 is 10.1 Å². The molecule has 2 rings (SSSR count). The highest BCUT2D eigenvalue weighted by Gasteiger charge is 2.15. The van der Waals surface area contributed by atoms with Crippen molar-refractivity contribution in [3.8, 4) is 5.75 Å². The van der Waals surface area contributed by atoms with Crippen LogP contribution in [0.2, 0.25) is 0 Å². The molecule has 0 aliphatic carbocycles. The van der Waals surface area contributed by atoms with Gasteiger partial charge in [-0.25, -0.2) is 0 Å². The average Bonchev–Trinajstić information content (AvgIpc) is 2.66. The molecule has 0 radical (unpaired) electrons. The minimum absolute atomic E-state index is 0.0713. The summed E-state index contributed by atoms with van der Waals surface area (Å²) in [5.41, 5.74) is 1.06. The summed E-state index contributed by atoms with van der Waals surface area (Å²) in [5, 5.41) is 3.28. The van der Waals surface area contributed by atoms with E-state index >= 15 is 0 Å². The van der Waals surface area contributed by atoms with Crippen molar-refractivity contribution in [2.24, 2.45) is 0 Å². The summed E-state index contributed by atoms with van der Waals surface area (Å²) in [6.07, 6.45) is 1.01. The zero-order valence-electron chi connectivity index (χ0n) is 10.8. The van der Waals surface area contributed by atoms with Gasteiger partial charge in [-0.1, -0.05) is 18.2 Å². The third kappa shape index (κ3) is 3.47. The van der Waals surface area contributed by atoms with Gasteiger partial charge in [-0.05, 0) is 31.5 Å². The molecule has 0 bridgehead atoms. The van der Waals surface area contributed by atoms with E-state index in [1.54, 1.807) is 0 Å². The maximum Gasteiger partial charge on any atom is 0.260 e.